The second-order valence-electron chi connectivity index (χ2n) is 6.20. The molecule has 3 nitrogen and oxygen atoms in total. The molecule has 0 bridgehead atoms. The Hall–Kier alpha value is -0.410. The second kappa shape index (κ2) is 11.4. The molecule has 0 aromatic rings. The van der Waals surface area contributed by atoms with E-state index in [4.69, 9.17) is 0 Å². The quantitative estimate of drug-likeness (QED) is 0.398. The number of carbonyl (C=O) groups excluding carboxylic acids is 1. The fraction of sp³-hybridized carbons (Fsp3) is 0.938. The molecule has 0 spiro atoms. The van der Waals surface area contributed by atoms with Crippen LogP contribution in [0.4, 0.5) is 0 Å². The van der Waals surface area contributed by atoms with Gasteiger partial charge in [0.15, 0.2) is 0 Å². The molecule has 0 aliphatic rings. The maximum atomic E-state index is 10.4. The predicted octanol–water partition coefficient (Wildman–Crippen LogP) is 3.45. The molecule has 0 heterocycles. The molecule has 19 heavy (non-hydrogen) atoms. The van der Waals surface area contributed by atoms with Crippen molar-refractivity contribution < 1.29 is 9.90 Å². The van der Waals surface area contributed by atoms with Crippen molar-refractivity contribution in [2.75, 3.05) is 6.54 Å². The summed E-state index contributed by atoms with van der Waals surface area (Å²) in [6.45, 7) is 6.28. The van der Waals surface area contributed by atoms with E-state index in [1.165, 1.54) is 44.9 Å². The highest BCUT2D eigenvalue weighted by Gasteiger charge is 2.19. The molecule has 0 radical (unpaired) electrons. The summed E-state index contributed by atoms with van der Waals surface area (Å²) in [7, 11) is 0. The van der Waals surface area contributed by atoms with Crippen LogP contribution < -0.4 is 5.32 Å². The molecule has 0 aliphatic heterocycles. The summed E-state index contributed by atoms with van der Waals surface area (Å²) in [4.78, 5) is 10.4. The molecule has 1 unspecified atom stereocenters. The third kappa shape index (κ3) is 13.8. The van der Waals surface area contributed by atoms with E-state index in [0.717, 1.165) is 12.7 Å². The minimum absolute atomic E-state index is 0.251. The Labute approximate surface area is 119 Å². The number of hydrogen-bond acceptors (Lipinski definition) is 3. The lowest BCUT2D eigenvalue weighted by Crippen LogP contribution is -2.37. The van der Waals surface area contributed by atoms with Gasteiger partial charge in [0.05, 0.1) is 12.1 Å². The Morgan fingerprint density at radius 1 is 1.11 bits per heavy atom. The van der Waals surface area contributed by atoms with Crippen LogP contribution in [0.15, 0.2) is 0 Å². The van der Waals surface area contributed by atoms with Crippen LogP contribution >= 0.6 is 0 Å². The smallest absolute Gasteiger partial charge is 0.133 e. The van der Waals surface area contributed by atoms with Crippen LogP contribution in [0.2, 0.25) is 0 Å². The Morgan fingerprint density at radius 2 is 1.68 bits per heavy atom. The van der Waals surface area contributed by atoms with Crippen LogP contribution in [0.3, 0.4) is 0 Å². The molecule has 114 valence electrons. The van der Waals surface area contributed by atoms with Crippen molar-refractivity contribution >= 4 is 6.29 Å². The molecule has 3 heteroatoms. The van der Waals surface area contributed by atoms with Crippen molar-refractivity contribution in [2.24, 2.45) is 0 Å². The topological polar surface area (TPSA) is 49.3 Å². The van der Waals surface area contributed by atoms with Crippen LogP contribution in [0.5, 0.6) is 0 Å². The maximum absolute atomic E-state index is 10.4. The Morgan fingerprint density at radius 3 is 2.21 bits per heavy atom. The van der Waals surface area contributed by atoms with Gasteiger partial charge in [0.25, 0.3) is 0 Å². The summed E-state index contributed by atoms with van der Waals surface area (Å²) in [6, 6.07) is 0.251. The van der Waals surface area contributed by atoms with Crippen LogP contribution in [0, 0.1) is 0 Å². The molecule has 2 N–H and O–H groups in total. The molecule has 0 saturated carbocycles. The molecular weight excluding hydrogens is 238 g/mol. The van der Waals surface area contributed by atoms with E-state index in [1.807, 2.05) is 13.8 Å². The van der Waals surface area contributed by atoms with Crippen LogP contribution in [0.1, 0.15) is 78.6 Å². The number of unbranched alkanes of at least 4 members (excludes halogenated alkanes) is 6. The first-order chi connectivity index (χ1) is 8.99. The summed E-state index contributed by atoms with van der Waals surface area (Å²) in [6.07, 6.45) is 11.7. The Bertz CT molecular complexity index is 211. The average molecular weight is 271 g/mol. The van der Waals surface area contributed by atoms with Crippen molar-refractivity contribution in [1.82, 2.24) is 5.32 Å². The lowest BCUT2D eigenvalue weighted by Gasteiger charge is -2.25. The third-order valence-electron chi connectivity index (χ3n) is 3.39. The SMILES string of the molecule is CCCCCCCCCC(CC(C)(C)O)NCC=O. The summed E-state index contributed by atoms with van der Waals surface area (Å²) in [5.41, 5.74) is -0.665. The molecule has 0 amide bonds. The van der Waals surface area contributed by atoms with Crippen LogP contribution in [-0.2, 0) is 4.79 Å². The number of aldehydes is 1. The highest BCUT2D eigenvalue weighted by atomic mass is 16.3. The van der Waals surface area contributed by atoms with Gasteiger partial charge in [-0.25, -0.2) is 0 Å². The molecule has 0 aliphatic carbocycles. The fourth-order valence-corrected chi connectivity index (χ4v) is 2.44. The van der Waals surface area contributed by atoms with Crippen molar-refractivity contribution in [3.05, 3.63) is 0 Å². The lowest BCUT2D eigenvalue weighted by atomic mass is 9.95. The van der Waals surface area contributed by atoms with E-state index in [9.17, 15) is 9.90 Å². The Balaban J connectivity index is 3.70. The summed E-state index contributed by atoms with van der Waals surface area (Å²) < 4.78 is 0. The minimum atomic E-state index is -0.665. The van der Waals surface area contributed by atoms with Crippen molar-refractivity contribution in [2.45, 2.75) is 90.2 Å². The van der Waals surface area contributed by atoms with E-state index in [2.05, 4.69) is 12.2 Å². The van der Waals surface area contributed by atoms with Gasteiger partial charge < -0.3 is 15.2 Å². The molecule has 0 aromatic heterocycles. The van der Waals surface area contributed by atoms with Crippen LogP contribution in [-0.4, -0.2) is 29.6 Å². The van der Waals surface area contributed by atoms with E-state index < -0.39 is 5.60 Å². The van der Waals surface area contributed by atoms with Gasteiger partial charge in [-0.2, -0.15) is 0 Å². The summed E-state index contributed by atoms with van der Waals surface area (Å²) >= 11 is 0. The number of nitrogens with one attached hydrogen (secondary N) is 1. The van der Waals surface area contributed by atoms with Crippen molar-refractivity contribution in [3.63, 3.8) is 0 Å². The number of aliphatic hydroxyl groups is 1. The van der Waals surface area contributed by atoms with Gasteiger partial charge in [0.2, 0.25) is 0 Å². The zero-order valence-corrected chi connectivity index (χ0v) is 13.1. The van der Waals surface area contributed by atoms with Crippen molar-refractivity contribution in [1.29, 1.82) is 0 Å². The van der Waals surface area contributed by atoms with Gasteiger partial charge in [-0.05, 0) is 26.7 Å². The lowest BCUT2D eigenvalue weighted by molar-refractivity contribution is -0.107. The van der Waals surface area contributed by atoms with Crippen molar-refractivity contribution in [3.8, 4) is 0 Å². The molecule has 0 aromatic carbocycles. The second-order valence-corrected chi connectivity index (χ2v) is 6.20. The molecule has 0 saturated heterocycles. The first-order valence-corrected chi connectivity index (χ1v) is 7.89. The Kier molecular flexibility index (Phi) is 11.2. The van der Waals surface area contributed by atoms with Gasteiger partial charge in [0.1, 0.15) is 6.29 Å². The fourth-order valence-electron chi connectivity index (χ4n) is 2.44. The molecule has 0 fully saturated rings. The van der Waals surface area contributed by atoms with Gasteiger partial charge in [-0.3, -0.25) is 0 Å². The number of hydrogen-bond donors (Lipinski definition) is 2. The van der Waals surface area contributed by atoms with Gasteiger partial charge in [-0.15, -0.1) is 0 Å². The number of rotatable bonds is 13. The highest BCUT2D eigenvalue weighted by molar-refractivity contribution is 5.51. The predicted molar refractivity (Wildman–Crippen MR) is 81.4 cm³/mol. The average Bonchev–Trinajstić information content (AvgIpc) is 2.33. The van der Waals surface area contributed by atoms with E-state index in [-0.39, 0.29) is 6.04 Å². The van der Waals surface area contributed by atoms with Gasteiger partial charge in [-0.1, -0.05) is 51.9 Å². The maximum Gasteiger partial charge on any atom is 0.133 e. The molecular formula is C16H33NO2. The number of carbonyl (C=O) groups is 1. The monoisotopic (exact) mass is 271 g/mol. The van der Waals surface area contributed by atoms with E-state index >= 15 is 0 Å². The van der Waals surface area contributed by atoms with Crippen LogP contribution in [0.25, 0.3) is 0 Å². The third-order valence-corrected chi connectivity index (χ3v) is 3.39. The summed E-state index contributed by atoms with van der Waals surface area (Å²) in [5, 5.41) is 13.1. The zero-order chi connectivity index (χ0) is 14.6. The van der Waals surface area contributed by atoms with E-state index in [1.54, 1.807) is 0 Å². The standard InChI is InChI=1S/C16H33NO2/c1-4-5-6-7-8-9-10-11-15(17-12-13-18)14-16(2,3)19/h13,15,17,19H,4-12,14H2,1-3H3. The van der Waals surface area contributed by atoms with Gasteiger partial charge in [0, 0.05) is 6.04 Å². The zero-order valence-electron chi connectivity index (χ0n) is 13.1. The molecule has 1 atom stereocenters. The summed E-state index contributed by atoms with van der Waals surface area (Å²) in [5.74, 6) is 0. The van der Waals surface area contributed by atoms with Gasteiger partial charge >= 0.3 is 0 Å². The largest absolute Gasteiger partial charge is 0.390 e. The first-order valence-electron chi connectivity index (χ1n) is 7.89. The normalized spacial score (nSPS) is 13.5. The molecule has 0 rings (SSSR count). The first kappa shape index (κ1) is 18.6. The minimum Gasteiger partial charge on any atom is -0.390 e. The highest BCUT2D eigenvalue weighted by Crippen LogP contribution is 2.16. The van der Waals surface area contributed by atoms with E-state index in [0.29, 0.717) is 13.0 Å².